The highest BCUT2D eigenvalue weighted by atomic mass is 32.2. The van der Waals surface area contributed by atoms with Crippen molar-refractivity contribution in [1.82, 2.24) is 9.29 Å². The molecule has 11 nitrogen and oxygen atoms in total. The number of hydrogen-bond donors (Lipinski definition) is 1. The molecule has 13 heteroatoms. The standard InChI is InChI=1S/C50H55FN2O9S/c1-37(54)52-29-14-5-15-30-57-36-46-47(59-33-38-16-6-2-7-17-38)48(60-34-39-18-8-3-9-19-39)49(61-35-40-24-26-42(51)27-25-40)50(62-46)58-31-28-41-32-53(45-23-13-12-22-44(41)45)63(55,56)43-20-10-4-11-21-43/h2-4,6-13,16-27,32,46-50H,5,14-15,28-31,33-36H2,1H3,(H,52,54)/t46-,47-,48+,49-,50-/m1/s1. The lowest BCUT2D eigenvalue weighted by molar-refractivity contribution is -0.328. The summed E-state index contributed by atoms with van der Waals surface area (Å²) in [6, 6.07) is 41.6. The third kappa shape index (κ3) is 12.7. The Morgan fingerprint density at radius 1 is 0.667 bits per heavy atom. The first-order valence-electron chi connectivity index (χ1n) is 21.4. The average molecular weight is 879 g/mol. The fourth-order valence-corrected chi connectivity index (χ4v) is 9.01. The molecule has 1 saturated heterocycles. The number of para-hydroxylation sites is 1. The summed E-state index contributed by atoms with van der Waals surface area (Å²) in [5.74, 6) is -0.404. The third-order valence-corrected chi connectivity index (χ3v) is 12.5. The van der Waals surface area contributed by atoms with Crippen molar-refractivity contribution in [2.75, 3.05) is 26.4 Å². The maximum Gasteiger partial charge on any atom is 0.268 e. The van der Waals surface area contributed by atoms with Crippen LogP contribution >= 0.6 is 0 Å². The van der Waals surface area contributed by atoms with Gasteiger partial charge < -0.3 is 33.7 Å². The molecule has 0 bridgehead atoms. The molecule has 0 radical (unpaired) electrons. The van der Waals surface area contributed by atoms with Crippen molar-refractivity contribution < 1.29 is 46.0 Å². The number of halogens is 1. The molecule has 0 spiro atoms. The monoisotopic (exact) mass is 878 g/mol. The van der Waals surface area contributed by atoms with E-state index in [9.17, 15) is 17.6 Å². The van der Waals surface area contributed by atoms with Crippen LogP contribution in [0.1, 0.15) is 48.4 Å². The molecule has 0 aliphatic carbocycles. The van der Waals surface area contributed by atoms with Gasteiger partial charge in [-0.2, -0.15) is 0 Å². The van der Waals surface area contributed by atoms with E-state index in [2.05, 4.69) is 5.32 Å². The van der Waals surface area contributed by atoms with Gasteiger partial charge in [0.15, 0.2) is 6.29 Å². The molecule has 0 unspecified atom stereocenters. The van der Waals surface area contributed by atoms with Crippen molar-refractivity contribution in [2.45, 2.75) is 88.0 Å². The van der Waals surface area contributed by atoms with Crippen molar-refractivity contribution in [2.24, 2.45) is 0 Å². The number of fused-ring (bicyclic) bond motifs is 1. The van der Waals surface area contributed by atoms with Crippen molar-refractivity contribution >= 4 is 26.8 Å². The van der Waals surface area contributed by atoms with E-state index in [0.29, 0.717) is 25.1 Å². The number of carbonyl (C=O) groups excluding carboxylic acids is 1. The molecule has 2 heterocycles. The first-order valence-corrected chi connectivity index (χ1v) is 22.9. The fraction of sp³-hybridized carbons (Fsp3) is 0.340. The van der Waals surface area contributed by atoms with E-state index in [1.807, 2.05) is 78.9 Å². The fourth-order valence-electron chi connectivity index (χ4n) is 7.60. The van der Waals surface area contributed by atoms with E-state index in [1.54, 1.807) is 54.7 Å². The Morgan fingerprint density at radius 2 is 1.25 bits per heavy atom. The topological polar surface area (TPSA) is 124 Å². The lowest BCUT2D eigenvalue weighted by Crippen LogP contribution is -2.61. The van der Waals surface area contributed by atoms with Crippen LogP contribution in [-0.2, 0) is 69.5 Å². The predicted octanol–water partition coefficient (Wildman–Crippen LogP) is 8.38. The molecule has 5 aromatic carbocycles. The molecule has 1 amide bonds. The van der Waals surface area contributed by atoms with E-state index in [0.717, 1.165) is 46.9 Å². The third-order valence-electron chi connectivity index (χ3n) is 10.9. The summed E-state index contributed by atoms with van der Waals surface area (Å²) in [5, 5.41) is 3.62. The normalized spacial score (nSPS) is 19.0. The number of benzene rings is 5. The van der Waals surface area contributed by atoms with Gasteiger partial charge in [0.25, 0.3) is 10.0 Å². The summed E-state index contributed by atoms with van der Waals surface area (Å²) in [6.45, 7) is 3.52. The first kappa shape index (κ1) is 45.8. The van der Waals surface area contributed by atoms with Crippen molar-refractivity contribution in [3.63, 3.8) is 0 Å². The quantitative estimate of drug-likeness (QED) is 0.0633. The zero-order valence-electron chi connectivity index (χ0n) is 35.4. The Kier molecular flexibility index (Phi) is 16.6. The molecule has 63 heavy (non-hydrogen) atoms. The SMILES string of the molecule is CC(=O)NCCCCCOC[C@H]1O[C@@H](OCCc2cn(S(=O)(=O)c3ccccc3)c3ccccc23)[C@H](OCc2ccc(F)cc2)[C@@H](OCc2ccccc2)[C@@H]1OCc1ccccc1. The van der Waals surface area contributed by atoms with E-state index in [-0.39, 0.29) is 49.7 Å². The molecule has 1 fully saturated rings. The Balaban J connectivity index is 1.16. The zero-order chi connectivity index (χ0) is 43.9. The molecule has 1 aliphatic rings. The van der Waals surface area contributed by atoms with Gasteiger partial charge in [-0.25, -0.2) is 16.8 Å². The second-order valence-corrected chi connectivity index (χ2v) is 17.3. The van der Waals surface area contributed by atoms with Gasteiger partial charge in [0.2, 0.25) is 5.91 Å². The van der Waals surface area contributed by atoms with Gasteiger partial charge in [-0.1, -0.05) is 109 Å². The molecule has 1 aliphatic heterocycles. The second kappa shape index (κ2) is 22.9. The summed E-state index contributed by atoms with van der Waals surface area (Å²) in [4.78, 5) is 11.5. The van der Waals surface area contributed by atoms with Crippen LogP contribution in [0, 0.1) is 5.82 Å². The number of amides is 1. The maximum absolute atomic E-state index is 14.0. The number of ether oxygens (including phenoxy) is 6. The van der Waals surface area contributed by atoms with Gasteiger partial charge >= 0.3 is 0 Å². The molecule has 7 rings (SSSR count). The minimum absolute atomic E-state index is 0.0502. The molecule has 6 aromatic rings. The Hall–Kier alpha value is -5.25. The van der Waals surface area contributed by atoms with Gasteiger partial charge in [0.1, 0.15) is 30.2 Å². The number of carbonyl (C=O) groups is 1. The van der Waals surface area contributed by atoms with Crippen molar-refractivity contribution in [3.05, 3.63) is 174 Å². The Morgan fingerprint density at radius 3 is 1.92 bits per heavy atom. The van der Waals surface area contributed by atoms with Crippen molar-refractivity contribution in [1.29, 1.82) is 0 Å². The van der Waals surface area contributed by atoms with Crippen LogP contribution in [0.4, 0.5) is 4.39 Å². The summed E-state index contributed by atoms with van der Waals surface area (Å²) in [6.07, 6.45) is 0.648. The lowest BCUT2D eigenvalue weighted by atomic mass is 9.97. The number of hydrogen-bond acceptors (Lipinski definition) is 9. The Bertz CT molecular complexity index is 2420. The van der Waals surface area contributed by atoms with Gasteiger partial charge in [-0.15, -0.1) is 0 Å². The molecule has 1 N–H and O–H groups in total. The Labute approximate surface area is 369 Å². The van der Waals surface area contributed by atoms with Crippen LogP contribution in [0.5, 0.6) is 0 Å². The van der Waals surface area contributed by atoms with Crippen LogP contribution in [-0.4, -0.2) is 75.4 Å². The van der Waals surface area contributed by atoms with E-state index < -0.39 is 40.7 Å². The average Bonchev–Trinajstić information content (AvgIpc) is 3.69. The van der Waals surface area contributed by atoms with E-state index in [4.69, 9.17) is 28.4 Å². The lowest BCUT2D eigenvalue weighted by Gasteiger charge is -2.46. The molecular weight excluding hydrogens is 824 g/mol. The van der Waals surface area contributed by atoms with Gasteiger partial charge in [0.05, 0.1) is 43.4 Å². The highest BCUT2D eigenvalue weighted by Crippen LogP contribution is 2.33. The van der Waals surface area contributed by atoms with Gasteiger partial charge in [-0.3, -0.25) is 4.79 Å². The van der Waals surface area contributed by atoms with Crippen LogP contribution in [0.25, 0.3) is 10.9 Å². The first-order chi connectivity index (χ1) is 30.8. The van der Waals surface area contributed by atoms with Crippen LogP contribution in [0.2, 0.25) is 0 Å². The van der Waals surface area contributed by atoms with Crippen LogP contribution in [0.3, 0.4) is 0 Å². The molecule has 0 saturated carbocycles. The second-order valence-electron chi connectivity index (χ2n) is 15.5. The van der Waals surface area contributed by atoms with Gasteiger partial charge in [-0.05, 0) is 78.3 Å². The van der Waals surface area contributed by atoms with E-state index >= 15 is 0 Å². The zero-order valence-corrected chi connectivity index (χ0v) is 36.2. The summed E-state index contributed by atoms with van der Waals surface area (Å²) < 4.78 is 83.0. The minimum Gasteiger partial charge on any atom is -0.379 e. The number of nitrogens with zero attached hydrogens (tertiary/aromatic N) is 1. The largest absolute Gasteiger partial charge is 0.379 e. The molecule has 1 aromatic heterocycles. The highest BCUT2D eigenvalue weighted by molar-refractivity contribution is 7.90. The highest BCUT2D eigenvalue weighted by Gasteiger charge is 2.49. The van der Waals surface area contributed by atoms with Crippen LogP contribution in [0.15, 0.2) is 151 Å². The smallest absolute Gasteiger partial charge is 0.268 e. The summed E-state index contributed by atoms with van der Waals surface area (Å²) in [5.41, 5.74) is 4.01. The molecule has 332 valence electrons. The maximum atomic E-state index is 14.0. The van der Waals surface area contributed by atoms with Crippen LogP contribution < -0.4 is 5.32 Å². The summed E-state index contributed by atoms with van der Waals surface area (Å²) in [7, 11) is -3.89. The number of nitrogens with one attached hydrogen (secondary N) is 1. The molecular formula is C50H55FN2O9S. The number of unbranched alkanes of at least 4 members (excludes halogenated alkanes) is 2. The molecule has 5 atom stereocenters. The predicted molar refractivity (Wildman–Crippen MR) is 238 cm³/mol. The number of aromatic nitrogens is 1. The summed E-state index contributed by atoms with van der Waals surface area (Å²) >= 11 is 0. The van der Waals surface area contributed by atoms with E-state index in [1.165, 1.54) is 23.0 Å². The minimum atomic E-state index is -3.89. The van der Waals surface area contributed by atoms with Gasteiger partial charge in [0, 0.05) is 31.7 Å². The van der Waals surface area contributed by atoms with Crippen molar-refractivity contribution in [3.8, 4) is 0 Å². The number of rotatable bonds is 23.